The van der Waals surface area contributed by atoms with Crippen molar-refractivity contribution in [3.8, 4) is 0 Å². The second-order valence-corrected chi connectivity index (χ2v) is 24.3. The van der Waals surface area contributed by atoms with E-state index in [2.05, 4.69) is 165 Å². The average molecular weight is 1220 g/mol. The van der Waals surface area contributed by atoms with Gasteiger partial charge in [-0.15, -0.1) is 0 Å². The second kappa shape index (κ2) is 66.0. The van der Waals surface area contributed by atoms with Gasteiger partial charge < -0.3 is 40.3 Å². The third-order valence-corrected chi connectivity index (χ3v) is 16.2. The number of rotatable bonds is 61. The summed E-state index contributed by atoms with van der Waals surface area (Å²) in [4.78, 5) is 13.1. The summed E-state index contributed by atoms with van der Waals surface area (Å²) in [6, 6.07) is -0.745. The number of aliphatic hydroxyl groups excluding tert-OH is 5. The first-order valence-electron chi connectivity index (χ1n) is 36.0. The third-order valence-electron chi connectivity index (χ3n) is 16.2. The summed E-state index contributed by atoms with van der Waals surface area (Å²) in [7, 11) is 0. The van der Waals surface area contributed by atoms with E-state index in [0.717, 1.165) is 128 Å². The van der Waals surface area contributed by atoms with Crippen LogP contribution in [0.15, 0.2) is 146 Å². The van der Waals surface area contributed by atoms with Crippen molar-refractivity contribution in [3.63, 3.8) is 0 Å². The molecule has 0 aromatic carbocycles. The molecule has 9 nitrogen and oxygen atoms in total. The van der Waals surface area contributed by atoms with Crippen LogP contribution in [-0.2, 0) is 14.3 Å². The Labute approximate surface area is 540 Å². The van der Waals surface area contributed by atoms with Gasteiger partial charge in [-0.3, -0.25) is 4.79 Å². The Morgan fingerprint density at radius 3 is 1.05 bits per heavy atom. The molecule has 1 aliphatic heterocycles. The molecule has 88 heavy (non-hydrogen) atoms. The first kappa shape index (κ1) is 82.1. The Kier molecular flexibility index (Phi) is 61.6. The molecule has 1 saturated heterocycles. The number of carbonyl (C=O) groups excluding carboxylic acids is 1. The molecule has 1 rings (SSSR count). The van der Waals surface area contributed by atoms with Crippen LogP contribution in [0.2, 0.25) is 0 Å². The number of amides is 1. The maximum atomic E-state index is 13.1. The molecule has 0 radical (unpaired) electrons. The first-order chi connectivity index (χ1) is 43.3. The molecule has 0 saturated carbocycles. The minimum absolute atomic E-state index is 0.156. The van der Waals surface area contributed by atoms with Gasteiger partial charge in [0, 0.05) is 6.42 Å². The van der Waals surface area contributed by atoms with E-state index in [9.17, 15) is 30.3 Å². The molecule has 1 fully saturated rings. The van der Waals surface area contributed by atoms with Gasteiger partial charge in [0.25, 0.3) is 0 Å². The van der Waals surface area contributed by atoms with Gasteiger partial charge >= 0.3 is 0 Å². The third kappa shape index (κ3) is 53.9. The SMILES string of the molecule is CC/C=C\C/C=C\C/C=C\C/C=C\C/C=C\C/C=C\C/C=C\C/C=C\C/C=C\C/C=C\C/C=C\C/C=C\CCCCCCC(=O)NC(COC1OC(CO)C(O)C(O)C1O)C(O)CCCCCCCCCCCCCCCCCCCCCCCCCC. The van der Waals surface area contributed by atoms with Gasteiger partial charge in [0.15, 0.2) is 6.29 Å². The van der Waals surface area contributed by atoms with Crippen molar-refractivity contribution in [2.24, 2.45) is 0 Å². The van der Waals surface area contributed by atoms with Gasteiger partial charge in [0.1, 0.15) is 24.4 Å². The van der Waals surface area contributed by atoms with E-state index in [-0.39, 0.29) is 12.5 Å². The van der Waals surface area contributed by atoms with Crippen molar-refractivity contribution in [1.82, 2.24) is 5.32 Å². The van der Waals surface area contributed by atoms with E-state index < -0.39 is 49.5 Å². The topological polar surface area (TPSA) is 149 Å². The van der Waals surface area contributed by atoms with Crippen molar-refractivity contribution in [2.75, 3.05) is 13.2 Å². The molecule has 0 aliphatic carbocycles. The monoisotopic (exact) mass is 1220 g/mol. The molecule has 1 amide bonds. The Balaban J connectivity index is 2.17. The van der Waals surface area contributed by atoms with Crippen LogP contribution in [0, 0.1) is 0 Å². The Morgan fingerprint density at radius 1 is 0.398 bits per heavy atom. The number of hydrogen-bond donors (Lipinski definition) is 6. The quantitative estimate of drug-likeness (QED) is 0.0261. The Morgan fingerprint density at radius 2 is 0.705 bits per heavy atom. The number of allylic oxidation sites excluding steroid dienone is 24. The van der Waals surface area contributed by atoms with Crippen LogP contribution in [0.1, 0.15) is 290 Å². The van der Waals surface area contributed by atoms with Crippen LogP contribution in [0.25, 0.3) is 0 Å². The fourth-order valence-electron chi connectivity index (χ4n) is 10.6. The summed E-state index contributed by atoms with van der Waals surface area (Å²) >= 11 is 0. The van der Waals surface area contributed by atoms with Crippen molar-refractivity contribution in [1.29, 1.82) is 0 Å². The molecule has 0 spiro atoms. The van der Waals surface area contributed by atoms with Crippen molar-refractivity contribution in [3.05, 3.63) is 146 Å². The summed E-state index contributed by atoms with van der Waals surface area (Å²) in [6.45, 7) is 3.73. The highest BCUT2D eigenvalue weighted by molar-refractivity contribution is 5.76. The zero-order valence-corrected chi connectivity index (χ0v) is 56.2. The lowest BCUT2D eigenvalue weighted by Gasteiger charge is -2.40. The van der Waals surface area contributed by atoms with Crippen LogP contribution in [0.3, 0.4) is 0 Å². The number of carbonyl (C=O) groups is 1. The number of ether oxygens (including phenoxy) is 2. The van der Waals surface area contributed by atoms with E-state index in [0.29, 0.717) is 12.8 Å². The highest BCUT2D eigenvalue weighted by Crippen LogP contribution is 2.23. The smallest absolute Gasteiger partial charge is 0.220 e. The van der Waals surface area contributed by atoms with Crippen molar-refractivity contribution >= 4 is 5.91 Å². The van der Waals surface area contributed by atoms with Gasteiger partial charge in [0.2, 0.25) is 5.91 Å². The van der Waals surface area contributed by atoms with E-state index in [1.54, 1.807) is 0 Å². The first-order valence-corrected chi connectivity index (χ1v) is 36.0. The Bertz CT molecular complexity index is 1900. The lowest BCUT2D eigenvalue weighted by molar-refractivity contribution is -0.302. The fraction of sp³-hybridized carbons (Fsp3) is 0.684. The zero-order valence-electron chi connectivity index (χ0n) is 56.2. The molecule has 9 heteroatoms. The molecule has 0 aromatic rings. The number of aliphatic hydroxyl groups is 5. The molecule has 502 valence electrons. The molecule has 1 heterocycles. The minimum atomic E-state index is -1.57. The van der Waals surface area contributed by atoms with Gasteiger partial charge in [-0.25, -0.2) is 0 Å². The van der Waals surface area contributed by atoms with Gasteiger partial charge in [0.05, 0.1) is 25.4 Å². The van der Waals surface area contributed by atoms with E-state index in [1.165, 1.54) is 135 Å². The standard InChI is InChI=1S/C79H133NO8/c1-3-5-7-9-11-13-15-17-19-21-23-25-27-29-30-31-32-33-34-35-36-37-38-39-40-41-42-43-44-45-47-49-51-53-55-57-59-61-63-65-67-69-75(83)80-72(71-87-79-78(86)77(85)76(84)74(70-81)88-79)73(82)68-66-64-62-60-58-56-54-52-50-48-46-28-26-24-22-20-18-16-14-12-10-8-6-4-2/h5,7,11,13,17,19,23,25,29-30,32-33,35-36,38-39,41-42,44-45,49,51,55,57,72-74,76-79,81-82,84-86H,3-4,6,8-10,12,14-16,18,20-22,24,26-28,31,34,37,40,43,46-48,50,52-54,56,58-71H2,1-2H3,(H,80,83)/b7-5-,13-11-,19-17-,25-23-,30-29-,33-32-,36-35-,39-38-,42-41-,45-44-,51-49-,57-55-. The Hall–Kier alpha value is -3.93. The average Bonchev–Trinajstić information content (AvgIpc) is 3.31. The van der Waals surface area contributed by atoms with Gasteiger partial charge in [-0.05, 0) is 103 Å². The molecule has 0 aromatic heterocycles. The van der Waals surface area contributed by atoms with E-state index in [1.807, 2.05) is 0 Å². The lowest BCUT2D eigenvalue weighted by Crippen LogP contribution is -2.60. The summed E-state index contributed by atoms with van der Waals surface area (Å²) in [6.07, 6.45) is 94.8. The number of unbranched alkanes of at least 4 members (excludes halogenated alkanes) is 27. The molecular weight excluding hydrogens is 1090 g/mol. The van der Waals surface area contributed by atoms with Crippen LogP contribution in [-0.4, -0.2) is 87.5 Å². The van der Waals surface area contributed by atoms with Crippen molar-refractivity contribution in [2.45, 2.75) is 333 Å². The maximum Gasteiger partial charge on any atom is 0.220 e. The van der Waals surface area contributed by atoms with E-state index >= 15 is 0 Å². The molecule has 7 atom stereocenters. The summed E-state index contributed by atoms with van der Waals surface area (Å²) in [5.41, 5.74) is 0. The lowest BCUT2D eigenvalue weighted by atomic mass is 9.99. The summed E-state index contributed by atoms with van der Waals surface area (Å²) in [5.74, 6) is -0.171. The summed E-state index contributed by atoms with van der Waals surface area (Å²) in [5, 5.41) is 54.9. The molecule has 6 N–H and O–H groups in total. The fourth-order valence-corrected chi connectivity index (χ4v) is 10.6. The van der Waals surface area contributed by atoms with E-state index in [4.69, 9.17) is 9.47 Å². The largest absolute Gasteiger partial charge is 0.394 e. The predicted octanol–water partition coefficient (Wildman–Crippen LogP) is 20.1. The van der Waals surface area contributed by atoms with Crippen LogP contribution in [0.4, 0.5) is 0 Å². The maximum absolute atomic E-state index is 13.1. The van der Waals surface area contributed by atoms with Crippen LogP contribution in [0.5, 0.6) is 0 Å². The van der Waals surface area contributed by atoms with Crippen molar-refractivity contribution < 1.29 is 39.8 Å². The van der Waals surface area contributed by atoms with Crippen LogP contribution >= 0.6 is 0 Å². The molecule has 1 aliphatic rings. The number of hydrogen-bond acceptors (Lipinski definition) is 8. The molecule has 7 unspecified atom stereocenters. The zero-order chi connectivity index (χ0) is 63.5. The second-order valence-electron chi connectivity index (χ2n) is 24.3. The van der Waals surface area contributed by atoms with Gasteiger partial charge in [-0.2, -0.15) is 0 Å². The highest BCUT2D eigenvalue weighted by atomic mass is 16.7. The summed E-state index contributed by atoms with van der Waals surface area (Å²) < 4.78 is 11.4. The normalized spacial score (nSPS) is 18.8. The predicted molar refractivity (Wildman–Crippen MR) is 377 cm³/mol. The highest BCUT2D eigenvalue weighted by Gasteiger charge is 2.44. The van der Waals surface area contributed by atoms with Crippen LogP contribution < -0.4 is 5.32 Å². The minimum Gasteiger partial charge on any atom is -0.394 e. The molecular formula is C79H133NO8. The number of nitrogens with one attached hydrogen (secondary N) is 1. The molecule has 0 bridgehead atoms. The van der Waals surface area contributed by atoms with Gasteiger partial charge in [-0.1, -0.05) is 327 Å².